The molecule has 2 rings (SSSR count). The van der Waals surface area contributed by atoms with Crippen LogP contribution in [0.25, 0.3) is 0 Å². The van der Waals surface area contributed by atoms with Crippen LogP contribution in [0.5, 0.6) is 0 Å². The number of benzene rings is 1. The molecule has 1 N–H and O–H groups in total. The van der Waals surface area contributed by atoms with Crippen molar-refractivity contribution in [2.45, 2.75) is 19.4 Å². The smallest absolute Gasteiger partial charge is 0.326 e. The highest BCUT2D eigenvalue weighted by Gasteiger charge is 2.46. The second-order valence-electron chi connectivity index (χ2n) is 4.25. The summed E-state index contributed by atoms with van der Waals surface area (Å²) in [5, 5.41) is 8.37. The summed E-state index contributed by atoms with van der Waals surface area (Å²) >= 11 is 23.6. The molecule has 112 valence electrons. The number of hydrogen-bond acceptors (Lipinski definition) is 3. The van der Waals surface area contributed by atoms with Crippen LogP contribution < -0.4 is 0 Å². The van der Waals surface area contributed by atoms with Gasteiger partial charge in [-0.15, -0.1) is 0 Å². The minimum atomic E-state index is -1.32. The molecule has 21 heavy (non-hydrogen) atoms. The molecule has 2 amide bonds. The Morgan fingerprint density at radius 2 is 1.38 bits per heavy atom. The number of carboxylic acids is 1. The maximum absolute atomic E-state index is 12.3. The second-order valence-corrected chi connectivity index (χ2v) is 5.76. The molecule has 1 aliphatic rings. The van der Waals surface area contributed by atoms with Crippen molar-refractivity contribution in [3.63, 3.8) is 0 Å². The average Bonchev–Trinajstić information content (AvgIpc) is 2.68. The Hall–Kier alpha value is -1.01. The lowest BCUT2D eigenvalue weighted by Crippen LogP contribution is -2.44. The van der Waals surface area contributed by atoms with E-state index in [1.807, 2.05) is 0 Å². The number of hydrogen-bond donors (Lipinski definition) is 1. The Balaban J connectivity index is 2.71. The molecule has 0 radical (unpaired) electrons. The third-order valence-corrected chi connectivity index (χ3v) is 4.92. The van der Waals surface area contributed by atoms with Gasteiger partial charge in [0.05, 0.1) is 31.2 Å². The number of amides is 2. The summed E-state index contributed by atoms with van der Waals surface area (Å²) in [6.07, 6.45) is 0.0392. The Morgan fingerprint density at radius 3 is 1.67 bits per heavy atom. The zero-order valence-corrected chi connectivity index (χ0v) is 13.4. The van der Waals surface area contributed by atoms with Crippen LogP contribution in [0, 0.1) is 0 Å². The first-order valence-corrected chi connectivity index (χ1v) is 7.21. The highest BCUT2D eigenvalue weighted by atomic mass is 35.5. The molecule has 9 heteroatoms. The highest BCUT2D eigenvalue weighted by molar-refractivity contribution is 6.55. The van der Waals surface area contributed by atoms with Crippen LogP contribution in [0.15, 0.2) is 0 Å². The van der Waals surface area contributed by atoms with Gasteiger partial charge >= 0.3 is 5.97 Å². The summed E-state index contributed by atoms with van der Waals surface area (Å²) in [5.74, 6) is -3.01. The van der Waals surface area contributed by atoms with E-state index in [9.17, 15) is 14.4 Å². The fourth-order valence-electron chi connectivity index (χ4n) is 2.12. The monoisotopic (exact) mass is 369 g/mol. The van der Waals surface area contributed by atoms with Crippen molar-refractivity contribution < 1.29 is 19.5 Å². The predicted octanol–water partition coefficient (Wildman–Crippen LogP) is 3.76. The summed E-state index contributed by atoms with van der Waals surface area (Å²) in [6, 6.07) is -1.32. The molecule has 0 saturated heterocycles. The maximum atomic E-state index is 12.3. The molecule has 1 atom stereocenters. The third-order valence-electron chi connectivity index (χ3n) is 3.12. The van der Waals surface area contributed by atoms with Crippen molar-refractivity contribution in [1.29, 1.82) is 0 Å². The van der Waals surface area contributed by atoms with Crippen molar-refractivity contribution in [2.24, 2.45) is 0 Å². The lowest BCUT2D eigenvalue weighted by Gasteiger charge is -2.20. The Kier molecular flexibility index (Phi) is 4.40. The molecule has 0 aliphatic carbocycles. The van der Waals surface area contributed by atoms with Crippen LogP contribution in [-0.2, 0) is 4.79 Å². The number of imide groups is 1. The average molecular weight is 371 g/mol. The SMILES string of the molecule is CC[C@@H](C(=O)O)N1C(=O)c2c(Cl)c(Cl)c(Cl)c(Cl)c2C1=O. The number of carbonyl (C=O) groups is 3. The molecule has 1 heterocycles. The minimum Gasteiger partial charge on any atom is -0.480 e. The van der Waals surface area contributed by atoms with E-state index in [2.05, 4.69) is 0 Å². The molecular weight excluding hydrogens is 364 g/mol. The first-order valence-electron chi connectivity index (χ1n) is 5.70. The largest absolute Gasteiger partial charge is 0.480 e. The van der Waals surface area contributed by atoms with Crippen LogP contribution in [-0.4, -0.2) is 33.8 Å². The summed E-state index contributed by atoms with van der Waals surface area (Å²) in [7, 11) is 0. The fraction of sp³-hybridized carbons (Fsp3) is 0.250. The molecule has 0 spiro atoms. The van der Waals surface area contributed by atoms with Crippen LogP contribution in [0.3, 0.4) is 0 Å². The van der Waals surface area contributed by atoms with Gasteiger partial charge < -0.3 is 5.11 Å². The fourth-order valence-corrected chi connectivity index (χ4v) is 3.13. The lowest BCUT2D eigenvalue weighted by atomic mass is 10.1. The molecule has 1 aromatic carbocycles. The van der Waals surface area contributed by atoms with Gasteiger partial charge in [-0.2, -0.15) is 0 Å². The van der Waals surface area contributed by atoms with Crippen LogP contribution in [0.4, 0.5) is 0 Å². The van der Waals surface area contributed by atoms with E-state index >= 15 is 0 Å². The number of aliphatic carboxylic acids is 1. The first kappa shape index (κ1) is 16.4. The maximum Gasteiger partial charge on any atom is 0.326 e. The number of rotatable bonds is 3. The summed E-state index contributed by atoms with van der Waals surface area (Å²) in [5.41, 5.74) is -0.443. The summed E-state index contributed by atoms with van der Waals surface area (Å²) < 4.78 is 0. The molecule has 0 saturated carbocycles. The van der Waals surface area contributed by atoms with E-state index < -0.39 is 23.8 Å². The van der Waals surface area contributed by atoms with Crippen LogP contribution >= 0.6 is 46.4 Å². The van der Waals surface area contributed by atoms with Gasteiger partial charge in [0.1, 0.15) is 6.04 Å². The van der Waals surface area contributed by atoms with E-state index in [1.165, 1.54) is 6.92 Å². The third kappa shape index (κ3) is 2.28. The topological polar surface area (TPSA) is 74.7 Å². The van der Waals surface area contributed by atoms with Gasteiger partial charge in [0.2, 0.25) is 0 Å². The van der Waals surface area contributed by atoms with Gasteiger partial charge in [0.15, 0.2) is 0 Å². The second kappa shape index (κ2) is 5.65. The normalized spacial score (nSPS) is 15.4. The molecule has 1 aromatic rings. The molecule has 0 aromatic heterocycles. The van der Waals surface area contributed by atoms with Gasteiger partial charge in [0, 0.05) is 0 Å². The Morgan fingerprint density at radius 1 is 1.00 bits per heavy atom. The van der Waals surface area contributed by atoms with Gasteiger partial charge in [-0.25, -0.2) is 4.79 Å². The predicted molar refractivity (Wildman–Crippen MR) is 78.7 cm³/mol. The number of carboxylic acid groups (broad SMARTS) is 1. The van der Waals surface area contributed by atoms with Gasteiger partial charge in [-0.1, -0.05) is 53.3 Å². The summed E-state index contributed by atoms with van der Waals surface area (Å²) in [6.45, 7) is 1.53. The molecule has 0 unspecified atom stereocenters. The number of nitrogens with zero attached hydrogens (tertiary/aromatic N) is 1. The van der Waals surface area contributed by atoms with E-state index in [4.69, 9.17) is 51.5 Å². The summed E-state index contributed by atoms with van der Waals surface area (Å²) in [4.78, 5) is 36.5. The van der Waals surface area contributed by atoms with Crippen molar-refractivity contribution in [3.05, 3.63) is 31.2 Å². The standard InChI is InChI=1S/C12H7Cl4NO4/c1-2-3(12(20)21)17-10(18)4-5(11(17)19)7(14)9(16)8(15)6(4)13/h3H,2H2,1H3,(H,20,21)/t3-/m0/s1. The molecule has 0 bridgehead atoms. The molecule has 0 fully saturated rings. The molecular formula is C12H7Cl4NO4. The van der Waals surface area contributed by atoms with Gasteiger partial charge in [0.25, 0.3) is 11.8 Å². The van der Waals surface area contributed by atoms with Gasteiger partial charge in [-0.3, -0.25) is 14.5 Å². The zero-order chi connectivity index (χ0) is 16.1. The van der Waals surface area contributed by atoms with Crippen molar-refractivity contribution in [2.75, 3.05) is 0 Å². The number of carbonyl (C=O) groups excluding carboxylic acids is 2. The van der Waals surface area contributed by atoms with E-state index in [0.29, 0.717) is 4.90 Å². The lowest BCUT2D eigenvalue weighted by molar-refractivity contribution is -0.141. The highest BCUT2D eigenvalue weighted by Crippen LogP contribution is 2.45. The Bertz CT molecular complexity index is 642. The van der Waals surface area contributed by atoms with Crippen LogP contribution in [0.2, 0.25) is 20.1 Å². The van der Waals surface area contributed by atoms with E-state index in [-0.39, 0.29) is 37.6 Å². The van der Waals surface area contributed by atoms with E-state index in [1.54, 1.807) is 0 Å². The number of fused-ring (bicyclic) bond motifs is 1. The number of halogens is 4. The van der Waals surface area contributed by atoms with Crippen LogP contribution in [0.1, 0.15) is 34.1 Å². The minimum absolute atomic E-state index is 0.0392. The molecule has 5 nitrogen and oxygen atoms in total. The first-order chi connectivity index (χ1) is 9.73. The quantitative estimate of drug-likeness (QED) is 0.499. The Labute approximate surface area is 139 Å². The van der Waals surface area contributed by atoms with Crippen molar-refractivity contribution in [3.8, 4) is 0 Å². The molecule has 1 aliphatic heterocycles. The van der Waals surface area contributed by atoms with Crippen molar-refractivity contribution in [1.82, 2.24) is 4.90 Å². The zero-order valence-electron chi connectivity index (χ0n) is 10.4. The van der Waals surface area contributed by atoms with Crippen molar-refractivity contribution >= 4 is 64.2 Å². The van der Waals surface area contributed by atoms with Gasteiger partial charge in [-0.05, 0) is 6.42 Å². The van der Waals surface area contributed by atoms with E-state index in [0.717, 1.165) is 0 Å².